The van der Waals surface area contributed by atoms with E-state index in [9.17, 15) is 0 Å². The van der Waals surface area contributed by atoms with E-state index in [1.165, 1.54) is 5.39 Å². The molecule has 258 valence electrons. The van der Waals surface area contributed by atoms with Gasteiger partial charge in [0, 0.05) is 33.2 Å². The molecule has 0 spiro atoms. The second kappa shape index (κ2) is 13.9. The van der Waals surface area contributed by atoms with Crippen molar-refractivity contribution in [3.63, 3.8) is 0 Å². The van der Waals surface area contributed by atoms with Gasteiger partial charge in [0.2, 0.25) is 0 Å². The molecule has 3 heterocycles. The number of hydrogen-bond donors (Lipinski definition) is 0. The van der Waals surface area contributed by atoms with Gasteiger partial charge in [-0.25, -0.2) is 9.50 Å². The fraction of sp³-hybridized carbons (Fsp3) is 0. The summed E-state index contributed by atoms with van der Waals surface area (Å²) < 4.78 is 2.15. The highest BCUT2D eigenvalue weighted by Crippen LogP contribution is 2.42. The van der Waals surface area contributed by atoms with Crippen LogP contribution in [0.15, 0.2) is 212 Å². The SMILES string of the molecule is c1ccc(-c2cc(-c3ccc(-c4ccc5c(c4)cc(-c4ccccc4)n4nc(-c6ccccc6)c(-c6ccccc6)c54)cc3)cc(-c3ccccc3)n2)cc1. The van der Waals surface area contributed by atoms with Crippen LogP contribution in [0.1, 0.15) is 0 Å². The predicted octanol–water partition coefficient (Wildman–Crippen LogP) is 13.6. The highest BCUT2D eigenvalue weighted by atomic mass is 15.2. The van der Waals surface area contributed by atoms with Crippen LogP contribution in [0.5, 0.6) is 0 Å². The van der Waals surface area contributed by atoms with Crippen molar-refractivity contribution in [2.75, 3.05) is 0 Å². The lowest BCUT2D eigenvalue weighted by Gasteiger charge is -2.13. The molecule has 0 amide bonds. The second-order valence-corrected chi connectivity index (χ2v) is 13.8. The molecule has 7 aromatic carbocycles. The van der Waals surface area contributed by atoms with Crippen LogP contribution in [0.2, 0.25) is 0 Å². The molecule has 10 rings (SSSR count). The topological polar surface area (TPSA) is 30.2 Å². The Morgan fingerprint density at radius 1 is 0.327 bits per heavy atom. The van der Waals surface area contributed by atoms with Crippen molar-refractivity contribution in [2.24, 2.45) is 0 Å². The Kier molecular flexibility index (Phi) is 8.16. The first-order chi connectivity index (χ1) is 27.3. The Hall–Kier alpha value is -7.36. The van der Waals surface area contributed by atoms with Gasteiger partial charge in [-0.2, -0.15) is 5.10 Å². The Morgan fingerprint density at radius 2 is 0.782 bits per heavy atom. The molecule has 0 aliphatic carbocycles. The van der Waals surface area contributed by atoms with E-state index in [-0.39, 0.29) is 0 Å². The zero-order valence-corrected chi connectivity index (χ0v) is 30.0. The largest absolute Gasteiger partial charge is 0.248 e. The molecule has 0 saturated carbocycles. The molecular formula is C52H35N3. The highest BCUT2D eigenvalue weighted by Gasteiger charge is 2.21. The van der Waals surface area contributed by atoms with Crippen LogP contribution in [0.3, 0.4) is 0 Å². The summed E-state index contributed by atoms with van der Waals surface area (Å²) in [5.41, 5.74) is 16.3. The normalized spacial score (nSPS) is 11.3. The number of rotatable bonds is 7. The van der Waals surface area contributed by atoms with Crippen molar-refractivity contribution in [2.45, 2.75) is 0 Å². The molecule has 0 saturated heterocycles. The smallest absolute Gasteiger partial charge is 0.101 e. The van der Waals surface area contributed by atoms with Crippen molar-refractivity contribution < 1.29 is 0 Å². The van der Waals surface area contributed by atoms with Crippen LogP contribution in [0.25, 0.3) is 94.7 Å². The van der Waals surface area contributed by atoms with Gasteiger partial charge in [-0.05, 0) is 57.5 Å². The van der Waals surface area contributed by atoms with Crippen LogP contribution in [0, 0.1) is 0 Å². The first-order valence-electron chi connectivity index (χ1n) is 18.7. The Morgan fingerprint density at radius 3 is 1.33 bits per heavy atom. The minimum absolute atomic E-state index is 0.959. The molecule has 0 N–H and O–H groups in total. The number of nitrogens with zero attached hydrogens (tertiary/aromatic N) is 3. The minimum Gasteiger partial charge on any atom is -0.248 e. The van der Waals surface area contributed by atoms with Gasteiger partial charge in [0.05, 0.1) is 22.6 Å². The van der Waals surface area contributed by atoms with Crippen molar-refractivity contribution in [3.05, 3.63) is 212 Å². The number of hydrogen-bond acceptors (Lipinski definition) is 2. The third kappa shape index (κ3) is 6.08. The molecule has 3 heteroatoms. The average Bonchev–Trinajstić information content (AvgIpc) is 3.68. The number of fused-ring (bicyclic) bond motifs is 3. The van der Waals surface area contributed by atoms with Gasteiger partial charge < -0.3 is 0 Å². The third-order valence-corrected chi connectivity index (χ3v) is 10.4. The second-order valence-electron chi connectivity index (χ2n) is 13.8. The number of pyridine rings is 2. The first kappa shape index (κ1) is 32.3. The summed E-state index contributed by atoms with van der Waals surface area (Å²) in [6.07, 6.45) is 0. The molecule has 55 heavy (non-hydrogen) atoms. The van der Waals surface area contributed by atoms with E-state index in [4.69, 9.17) is 10.1 Å². The minimum atomic E-state index is 0.959. The Labute approximate surface area is 320 Å². The van der Waals surface area contributed by atoms with Gasteiger partial charge in [0.1, 0.15) is 5.69 Å². The quantitative estimate of drug-likeness (QED) is 0.166. The third-order valence-electron chi connectivity index (χ3n) is 10.4. The lowest BCUT2D eigenvalue weighted by Crippen LogP contribution is -1.96. The molecule has 0 bridgehead atoms. The predicted molar refractivity (Wildman–Crippen MR) is 229 cm³/mol. The van der Waals surface area contributed by atoms with Crippen molar-refractivity contribution in [1.29, 1.82) is 0 Å². The maximum absolute atomic E-state index is 5.37. The van der Waals surface area contributed by atoms with Gasteiger partial charge in [-0.1, -0.05) is 188 Å². The van der Waals surface area contributed by atoms with Gasteiger partial charge in [-0.3, -0.25) is 0 Å². The molecule has 10 aromatic rings. The Bertz CT molecular complexity index is 2860. The molecule has 0 aliphatic heterocycles. The number of aromatic nitrogens is 3. The van der Waals surface area contributed by atoms with Gasteiger partial charge in [0.25, 0.3) is 0 Å². The van der Waals surface area contributed by atoms with Crippen LogP contribution < -0.4 is 0 Å². The van der Waals surface area contributed by atoms with E-state index >= 15 is 0 Å². The summed E-state index contributed by atoms with van der Waals surface area (Å²) in [5, 5.41) is 7.69. The number of benzene rings is 7. The summed E-state index contributed by atoms with van der Waals surface area (Å²) in [4.78, 5) is 5.08. The van der Waals surface area contributed by atoms with Crippen LogP contribution in [-0.4, -0.2) is 14.6 Å². The van der Waals surface area contributed by atoms with E-state index in [1.54, 1.807) is 0 Å². The lowest BCUT2D eigenvalue weighted by atomic mass is 9.94. The van der Waals surface area contributed by atoms with Gasteiger partial charge in [0.15, 0.2) is 0 Å². The molecule has 3 nitrogen and oxygen atoms in total. The molecule has 0 radical (unpaired) electrons. The zero-order chi connectivity index (χ0) is 36.6. The van der Waals surface area contributed by atoms with E-state index in [0.29, 0.717) is 0 Å². The van der Waals surface area contributed by atoms with Gasteiger partial charge in [-0.15, -0.1) is 0 Å². The van der Waals surface area contributed by atoms with Gasteiger partial charge >= 0.3 is 0 Å². The van der Waals surface area contributed by atoms with Crippen LogP contribution in [-0.2, 0) is 0 Å². The molecule has 0 unspecified atom stereocenters. The summed E-state index contributed by atoms with van der Waals surface area (Å²) in [5.74, 6) is 0. The van der Waals surface area contributed by atoms with Crippen LogP contribution >= 0.6 is 0 Å². The average molecular weight is 702 g/mol. The fourth-order valence-electron chi connectivity index (χ4n) is 7.68. The molecule has 3 aromatic heterocycles. The molecule has 0 fully saturated rings. The standard InChI is InChI=1S/C52H35N3/c1-6-16-38(17-7-1)47-33-44(34-48(53-47)39-18-8-2-9-19-39)37-28-26-36(27-29-37)43-30-31-46-45(32-43)35-49(40-20-10-3-11-21-40)55-52(46)50(41-22-12-4-13-23-41)51(54-55)42-24-14-5-15-25-42/h1-35H. The van der Waals surface area contributed by atoms with Crippen molar-refractivity contribution >= 4 is 16.3 Å². The van der Waals surface area contributed by atoms with Crippen LogP contribution in [0.4, 0.5) is 0 Å². The Balaban J connectivity index is 1.12. The summed E-state index contributed by atoms with van der Waals surface area (Å²) in [7, 11) is 0. The molecule has 0 atom stereocenters. The monoisotopic (exact) mass is 701 g/mol. The van der Waals surface area contributed by atoms with Crippen molar-refractivity contribution in [3.8, 4) is 78.4 Å². The molecular weight excluding hydrogens is 667 g/mol. The first-order valence-corrected chi connectivity index (χ1v) is 18.7. The summed E-state index contributed by atoms with van der Waals surface area (Å²) in [6, 6.07) is 75.1. The summed E-state index contributed by atoms with van der Waals surface area (Å²) >= 11 is 0. The maximum Gasteiger partial charge on any atom is 0.101 e. The summed E-state index contributed by atoms with van der Waals surface area (Å²) in [6.45, 7) is 0. The zero-order valence-electron chi connectivity index (χ0n) is 30.0. The van der Waals surface area contributed by atoms with E-state index in [0.717, 1.165) is 89.3 Å². The lowest BCUT2D eigenvalue weighted by molar-refractivity contribution is 0.979. The van der Waals surface area contributed by atoms with E-state index in [1.807, 2.05) is 12.1 Å². The fourth-order valence-corrected chi connectivity index (χ4v) is 7.68. The maximum atomic E-state index is 5.37. The molecule has 0 aliphatic rings. The van der Waals surface area contributed by atoms with E-state index in [2.05, 4.69) is 205 Å². The van der Waals surface area contributed by atoms with Crippen molar-refractivity contribution in [1.82, 2.24) is 14.6 Å². The van der Waals surface area contributed by atoms with E-state index < -0.39 is 0 Å². The highest BCUT2D eigenvalue weighted by molar-refractivity contribution is 6.09.